The number of rotatable bonds is 7. The van der Waals surface area contributed by atoms with Crippen molar-refractivity contribution >= 4 is 28.7 Å². The molecule has 0 spiro atoms. The summed E-state index contributed by atoms with van der Waals surface area (Å²) in [7, 11) is 0. The normalized spacial score (nSPS) is 14.0. The summed E-state index contributed by atoms with van der Waals surface area (Å²) in [6.45, 7) is 0.410. The highest BCUT2D eigenvalue weighted by atomic mass is 32.2. The van der Waals surface area contributed by atoms with Gasteiger partial charge < -0.3 is 9.47 Å². The number of hydrogen-bond acceptors (Lipinski definition) is 4. The first-order chi connectivity index (χ1) is 13.1. The average Bonchev–Trinajstić information content (AvgIpc) is 3.44. The highest BCUT2D eigenvalue weighted by Crippen LogP contribution is 2.31. The number of benzene rings is 1. The van der Waals surface area contributed by atoms with E-state index in [0.717, 1.165) is 18.5 Å². The molecular formula is C19H18F2N4OS. The van der Waals surface area contributed by atoms with Crippen LogP contribution in [0.15, 0.2) is 53.8 Å². The van der Waals surface area contributed by atoms with Gasteiger partial charge in [-0.2, -0.15) is 8.78 Å². The van der Waals surface area contributed by atoms with Gasteiger partial charge in [0.05, 0.1) is 23.3 Å². The van der Waals surface area contributed by atoms with Crippen LogP contribution < -0.4 is 0 Å². The summed E-state index contributed by atoms with van der Waals surface area (Å²) < 4.78 is 27.5. The van der Waals surface area contributed by atoms with Crippen molar-refractivity contribution < 1.29 is 13.6 Å². The number of carbonyl (C=O) groups excluding carboxylic acids is 1. The van der Waals surface area contributed by atoms with Gasteiger partial charge >= 0.3 is 0 Å². The molecule has 0 aliphatic heterocycles. The second-order valence-corrected chi connectivity index (χ2v) is 7.38. The van der Waals surface area contributed by atoms with Crippen LogP contribution in [0.3, 0.4) is 0 Å². The number of pyridine rings is 1. The molecule has 1 amide bonds. The Balaban J connectivity index is 1.61. The molecule has 27 heavy (non-hydrogen) atoms. The Hall–Kier alpha value is -2.48. The third-order valence-corrected chi connectivity index (χ3v) is 5.17. The Kier molecular flexibility index (Phi) is 5.07. The zero-order chi connectivity index (χ0) is 18.8. The van der Waals surface area contributed by atoms with Gasteiger partial charge in [-0.15, -0.1) is 0 Å². The molecule has 0 radical (unpaired) electrons. The first-order valence-corrected chi connectivity index (χ1v) is 9.59. The fraction of sp³-hybridized carbons (Fsp3) is 0.316. The number of carbonyl (C=O) groups is 1. The van der Waals surface area contributed by atoms with Crippen LogP contribution in [-0.2, 0) is 17.9 Å². The molecule has 4 rings (SSSR count). The number of halogens is 2. The molecular weight excluding hydrogens is 370 g/mol. The maximum absolute atomic E-state index is 13.0. The van der Waals surface area contributed by atoms with Crippen molar-refractivity contribution in [2.24, 2.45) is 0 Å². The monoisotopic (exact) mass is 388 g/mol. The van der Waals surface area contributed by atoms with Gasteiger partial charge in [0, 0.05) is 12.2 Å². The van der Waals surface area contributed by atoms with Crippen molar-refractivity contribution in [2.45, 2.75) is 42.9 Å². The number of imidazole rings is 1. The Labute approximate surface area is 159 Å². The van der Waals surface area contributed by atoms with Crippen molar-refractivity contribution in [3.05, 3.63) is 54.4 Å². The van der Waals surface area contributed by atoms with E-state index in [1.807, 2.05) is 24.3 Å². The minimum atomic E-state index is -2.59. The van der Waals surface area contributed by atoms with Gasteiger partial charge in [-0.25, -0.2) is 4.98 Å². The number of amides is 1. The zero-order valence-electron chi connectivity index (χ0n) is 14.5. The molecule has 0 unspecified atom stereocenters. The van der Waals surface area contributed by atoms with E-state index in [1.165, 1.54) is 0 Å². The summed E-state index contributed by atoms with van der Waals surface area (Å²) in [5.74, 6) is -2.70. The van der Waals surface area contributed by atoms with E-state index < -0.39 is 5.76 Å². The third kappa shape index (κ3) is 4.10. The lowest BCUT2D eigenvalue weighted by Crippen LogP contribution is -2.35. The second kappa shape index (κ2) is 7.64. The molecule has 8 heteroatoms. The fourth-order valence-corrected chi connectivity index (χ4v) is 3.68. The number of hydrogen-bond donors (Lipinski definition) is 0. The van der Waals surface area contributed by atoms with Crippen LogP contribution in [0.25, 0.3) is 11.0 Å². The summed E-state index contributed by atoms with van der Waals surface area (Å²) in [5, 5.41) is 0.160. The number of thioether (sulfide) groups is 1. The lowest BCUT2D eigenvalue weighted by atomic mass is 10.3. The standard InChI is InChI=1S/C19H18F2N4OS/c20-18(21)27-19-23-15-6-1-2-7-16(15)25(19)12-17(26)24(14-8-9-14)11-13-5-3-4-10-22-13/h1-7,10,14,18H,8-9,11-12H2. The maximum atomic E-state index is 13.0. The van der Waals surface area contributed by atoms with Crippen molar-refractivity contribution in [3.8, 4) is 0 Å². The van der Waals surface area contributed by atoms with Gasteiger partial charge in [0.15, 0.2) is 5.16 Å². The number of aromatic nitrogens is 3. The van der Waals surface area contributed by atoms with Gasteiger partial charge in [-0.3, -0.25) is 9.78 Å². The summed E-state index contributed by atoms with van der Waals surface area (Å²) in [6.07, 6.45) is 3.62. The SMILES string of the molecule is O=C(Cn1c(SC(F)F)nc2ccccc21)N(Cc1ccccn1)C1CC1. The lowest BCUT2D eigenvalue weighted by Gasteiger charge is -2.23. The van der Waals surface area contributed by atoms with Crippen molar-refractivity contribution in [3.63, 3.8) is 0 Å². The van der Waals surface area contributed by atoms with E-state index in [-0.39, 0.29) is 23.7 Å². The van der Waals surface area contributed by atoms with Crippen LogP contribution in [0.1, 0.15) is 18.5 Å². The van der Waals surface area contributed by atoms with Crippen molar-refractivity contribution in [1.29, 1.82) is 0 Å². The average molecular weight is 388 g/mol. The quantitative estimate of drug-likeness (QED) is 0.576. The topological polar surface area (TPSA) is 51.0 Å². The summed E-state index contributed by atoms with van der Waals surface area (Å²) in [4.78, 5) is 23.4. The van der Waals surface area contributed by atoms with Crippen LogP contribution in [0.4, 0.5) is 8.78 Å². The van der Waals surface area contributed by atoms with Gasteiger partial charge in [0.1, 0.15) is 6.54 Å². The van der Waals surface area contributed by atoms with E-state index in [9.17, 15) is 13.6 Å². The zero-order valence-corrected chi connectivity index (χ0v) is 15.3. The fourth-order valence-electron chi connectivity index (χ4n) is 3.08. The summed E-state index contributed by atoms with van der Waals surface area (Å²) >= 11 is 0.368. The van der Waals surface area contributed by atoms with Crippen LogP contribution in [-0.4, -0.2) is 37.1 Å². The Morgan fingerprint density at radius 1 is 1.22 bits per heavy atom. The molecule has 2 heterocycles. The molecule has 3 aromatic rings. The molecule has 1 saturated carbocycles. The Bertz CT molecular complexity index is 943. The molecule has 1 aromatic carbocycles. The van der Waals surface area contributed by atoms with Gasteiger partial charge in [-0.1, -0.05) is 18.2 Å². The van der Waals surface area contributed by atoms with E-state index in [1.54, 1.807) is 33.9 Å². The predicted molar refractivity (Wildman–Crippen MR) is 99.4 cm³/mol. The molecule has 0 saturated heterocycles. The predicted octanol–water partition coefficient (Wildman–Crippen LogP) is 3.94. The van der Waals surface area contributed by atoms with E-state index in [0.29, 0.717) is 29.3 Å². The second-order valence-electron chi connectivity index (χ2n) is 6.42. The first-order valence-electron chi connectivity index (χ1n) is 8.71. The van der Waals surface area contributed by atoms with Crippen LogP contribution >= 0.6 is 11.8 Å². The minimum Gasteiger partial charge on any atom is -0.332 e. The molecule has 2 aromatic heterocycles. The van der Waals surface area contributed by atoms with Crippen LogP contribution in [0.5, 0.6) is 0 Å². The van der Waals surface area contributed by atoms with Gasteiger partial charge in [0.25, 0.3) is 5.76 Å². The highest BCUT2D eigenvalue weighted by Gasteiger charge is 2.33. The Morgan fingerprint density at radius 2 is 2.00 bits per heavy atom. The number of nitrogens with zero attached hydrogens (tertiary/aromatic N) is 4. The van der Waals surface area contributed by atoms with Crippen LogP contribution in [0, 0.1) is 0 Å². The smallest absolute Gasteiger partial charge is 0.291 e. The number of alkyl halides is 2. The van der Waals surface area contributed by atoms with Crippen molar-refractivity contribution in [2.75, 3.05) is 0 Å². The lowest BCUT2D eigenvalue weighted by molar-refractivity contribution is -0.133. The summed E-state index contributed by atoms with van der Waals surface area (Å²) in [5.41, 5.74) is 2.11. The van der Waals surface area contributed by atoms with E-state index >= 15 is 0 Å². The molecule has 1 aliphatic rings. The van der Waals surface area contributed by atoms with E-state index in [2.05, 4.69) is 9.97 Å². The largest absolute Gasteiger partial charge is 0.332 e. The Morgan fingerprint density at radius 3 is 2.70 bits per heavy atom. The third-order valence-electron chi connectivity index (χ3n) is 4.47. The highest BCUT2D eigenvalue weighted by molar-refractivity contribution is 7.99. The van der Waals surface area contributed by atoms with Crippen LogP contribution in [0.2, 0.25) is 0 Å². The summed E-state index contributed by atoms with van der Waals surface area (Å²) in [6, 6.07) is 13.0. The molecule has 0 bridgehead atoms. The minimum absolute atomic E-state index is 0.0150. The molecule has 0 N–H and O–H groups in total. The molecule has 5 nitrogen and oxygen atoms in total. The molecule has 1 aliphatic carbocycles. The molecule has 1 fully saturated rings. The van der Waals surface area contributed by atoms with Crippen molar-refractivity contribution in [1.82, 2.24) is 19.4 Å². The number of fused-ring (bicyclic) bond motifs is 1. The maximum Gasteiger partial charge on any atom is 0.291 e. The molecule has 140 valence electrons. The molecule has 0 atom stereocenters. The van der Waals surface area contributed by atoms with E-state index in [4.69, 9.17) is 0 Å². The van der Waals surface area contributed by atoms with Gasteiger partial charge in [0.2, 0.25) is 5.91 Å². The first kappa shape index (κ1) is 17.9. The van der Waals surface area contributed by atoms with Gasteiger partial charge in [-0.05, 0) is 48.9 Å². The number of para-hydroxylation sites is 2.